The Labute approximate surface area is 139 Å². The molecule has 0 radical (unpaired) electrons. The predicted octanol–water partition coefficient (Wildman–Crippen LogP) is 2.45. The van der Waals surface area contributed by atoms with Crippen molar-refractivity contribution in [2.24, 2.45) is 0 Å². The molecule has 3 heterocycles. The van der Waals surface area contributed by atoms with Gasteiger partial charge in [0.2, 0.25) is 0 Å². The van der Waals surface area contributed by atoms with Crippen LogP contribution in [0.4, 0.5) is 10.6 Å². The fourth-order valence-corrected chi connectivity index (χ4v) is 3.53. The number of para-hydroxylation sites is 1. The van der Waals surface area contributed by atoms with E-state index in [0.717, 1.165) is 38.3 Å². The van der Waals surface area contributed by atoms with Gasteiger partial charge in [-0.3, -0.25) is 10.2 Å². The summed E-state index contributed by atoms with van der Waals surface area (Å²) in [4.78, 5) is 16.8. The fraction of sp³-hybridized carbons (Fsp3) is 0.375. The summed E-state index contributed by atoms with van der Waals surface area (Å²) in [5, 5.41) is 7.92. The van der Waals surface area contributed by atoms with Crippen molar-refractivity contribution in [3.63, 3.8) is 0 Å². The second-order valence-electron chi connectivity index (χ2n) is 5.96. The third-order valence-corrected chi connectivity index (χ3v) is 4.85. The minimum absolute atomic E-state index is 0.0686. The molecule has 0 aliphatic carbocycles. The van der Waals surface area contributed by atoms with Crippen molar-refractivity contribution in [3.05, 3.63) is 41.6 Å². The number of amides is 2. The largest absolute Gasteiger partial charge is 0.323 e. The number of anilines is 1. The Morgan fingerprint density at radius 3 is 2.96 bits per heavy atom. The van der Waals surface area contributed by atoms with Gasteiger partial charge in [-0.05, 0) is 18.6 Å². The van der Waals surface area contributed by atoms with Gasteiger partial charge in [0.25, 0.3) is 0 Å². The van der Waals surface area contributed by atoms with Gasteiger partial charge in [-0.15, -0.1) is 5.10 Å². The maximum atomic E-state index is 12.5. The molecule has 2 aromatic rings. The molecule has 2 saturated heterocycles. The normalized spacial score (nSPS) is 23.1. The Hall–Kier alpha value is -2.05. The molecule has 2 fully saturated rings. The molecule has 1 aromatic heterocycles. The van der Waals surface area contributed by atoms with Crippen LogP contribution in [0, 0.1) is 0 Å². The average Bonchev–Trinajstić information content (AvgIpc) is 3.15. The van der Waals surface area contributed by atoms with Crippen molar-refractivity contribution in [1.29, 1.82) is 0 Å². The first-order valence-corrected chi connectivity index (χ1v) is 8.19. The molecule has 2 atom stereocenters. The molecule has 2 bridgehead atoms. The lowest BCUT2D eigenvalue weighted by Crippen LogP contribution is -2.51. The number of halogens is 1. The lowest BCUT2D eigenvalue weighted by Gasteiger charge is -2.34. The molecule has 2 aliphatic rings. The molecule has 7 heteroatoms. The van der Waals surface area contributed by atoms with Crippen LogP contribution in [0.2, 0.25) is 5.02 Å². The number of carbonyl (C=O) groups is 1. The molecule has 6 nitrogen and oxygen atoms in total. The Bertz CT molecular complexity index is 731. The quantitative estimate of drug-likeness (QED) is 0.919. The number of urea groups is 1. The van der Waals surface area contributed by atoms with Crippen LogP contribution in [0.3, 0.4) is 0 Å². The second kappa shape index (κ2) is 5.86. The van der Waals surface area contributed by atoms with Crippen molar-refractivity contribution in [3.8, 4) is 5.69 Å². The Morgan fingerprint density at radius 2 is 2.09 bits per heavy atom. The Morgan fingerprint density at radius 1 is 1.22 bits per heavy atom. The third kappa shape index (κ3) is 2.80. The topological polar surface area (TPSA) is 53.4 Å². The number of nitrogens with one attached hydrogen (secondary N) is 1. The maximum Gasteiger partial charge on any atom is 0.323 e. The zero-order valence-corrected chi connectivity index (χ0v) is 13.4. The molecule has 120 valence electrons. The first-order valence-electron chi connectivity index (χ1n) is 7.81. The van der Waals surface area contributed by atoms with Crippen LogP contribution in [0.5, 0.6) is 0 Å². The highest BCUT2D eigenvalue weighted by Crippen LogP contribution is 2.22. The lowest BCUT2D eigenvalue weighted by molar-refractivity contribution is 0.153. The zero-order chi connectivity index (χ0) is 15.8. The number of hydrogen-bond donors (Lipinski definition) is 1. The SMILES string of the molecule is O=C(Nc1ccn(-c2ccccc2Cl)n1)N1CCN2CCC1C2. The highest BCUT2D eigenvalue weighted by molar-refractivity contribution is 6.32. The zero-order valence-electron chi connectivity index (χ0n) is 12.7. The van der Waals surface area contributed by atoms with Crippen LogP contribution in [-0.4, -0.2) is 57.8 Å². The van der Waals surface area contributed by atoms with E-state index in [0.29, 0.717) is 16.9 Å². The minimum atomic E-state index is -0.0686. The monoisotopic (exact) mass is 331 g/mol. The summed E-state index contributed by atoms with van der Waals surface area (Å²) in [6.07, 6.45) is 2.85. The molecule has 1 N–H and O–H groups in total. The molecule has 0 saturated carbocycles. The van der Waals surface area contributed by atoms with Crippen LogP contribution in [0.1, 0.15) is 6.42 Å². The third-order valence-electron chi connectivity index (χ3n) is 4.53. The van der Waals surface area contributed by atoms with Crippen molar-refractivity contribution in [2.45, 2.75) is 12.5 Å². The molecule has 4 rings (SSSR count). The number of aromatic nitrogens is 2. The van der Waals surface area contributed by atoms with Crippen molar-refractivity contribution in [1.82, 2.24) is 19.6 Å². The van der Waals surface area contributed by atoms with E-state index in [-0.39, 0.29) is 6.03 Å². The highest BCUT2D eigenvalue weighted by Gasteiger charge is 2.35. The van der Waals surface area contributed by atoms with Gasteiger partial charge in [0, 0.05) is 44.5 Å². The van der Waals surface area contributed by atoms with E-state index < -0.39 is 0 Å². The lowest BCUT2D eigenvalue weighted by atomic mass is 10.2. The van der Waals surface area contributed by atoms with E-state index >= 15 is 0 Å². The van der Waals surface area contributed by atoms with Crippen LogP contribution in [-0.2, 0) is 0 Å². The van der Waals surface area contributed by atoms with E-state index in [9.17, 15) is 4.79 Å². The first kappa shape index (κ1) is 14.5. The van der Waals surface area contributed by atoms with Crippen LogP contribution in [0.25, 0.3) is 5.69 Å². The molecule has 1 aromatic carbocycles. The fourth-order valence-electron chi connectivity index (χ4n) is 3.31. The van der Waals surface area contributed by atoms with Crippen molar-refractivity contribution < 1.29 is 4.79 Å². The van der Waals surface area contributed by atoms with Gasteiger partial charge in [0.1, 0.15) is 0 Å². The summed E-state index contributed by atoms with van der Waals surface area (Å²) >= 11 is 6.18. The summed E-state index contributed by atoms with van der Waals surface area (Å²) in [5.41, 5.74) is 0.791. The molecule has 2 aliphatic heterocycles. The van der Waals surface area contributed by atoms with Gasteiger partial charge in [-0.25, -0.2) is 9.48 Å². The number of piperazine rings is 1. The van der Waals surface area contributed by atoms with E-state index in [2.05, 4.69) is 15.3 Å². The Balaban J connectivity index is 1.47. The summed E-state index contributed by atoms with van der Waals surface area (Å²) in [5.74, 6) is 0.537. The number of carbonyl (C=O) groups excluding carboxylic acids is 1. The summed E-state index contributed by atoms with van der Waals surface area (Å²) in [6, 6.07) is 9.52. The van der Waals surface area contributed by atoms with Gasteiger partial charge >= 0.3 is 6.03 Å². The van der Waals surface area contributed by atoms with Gasteiger partial charge in [0.15, 0.2) is 5.82 Å². The maximum absolute atomic E-state index is 12.5. The molecule has 0 spiro atoms. The van der Waals surface area contributed by atoms with Gasteiger partial charge in [-0.1, -0.05) is 23.7 Å². The molecule has 2 amide bonds. The number of hydrogen-bond acceptors (Lipinski definition) is 3. The molecule has 2 unspecified atom stereocenters. The number of nitrogens with zero attached hydrogens (tertiary/aromatic N) is 4. The first-order chi connectivity index (χ1) is 11.2. The number of benzene rings is 1. The van der Waals surface area contributed by atoms with Crippen molar-refractivity contribution >= 4 is 23.4 Å². The van der Waals surface area contributed by atoms with Gasteiger partial charge < -0.3 is 4.90 Å². The molecule has 23 heavy (non-hydrogen) atoms. The van der Waals surface area contributed by atoms with E-state index in [1.165, 1.54) is 0 Å². The average molecular weight is 332 g/mol. The van der Waals surface area contributed by atoms with E-state index in [1.54, 1.807) is 16.9 Å². The number of rotatable bonds is 2. The van der Waals surface area contributed by atoms with E-state index in [1.807, 2.05) is 29.2 Å². The molecular weight excluding hydrogens is 314 g/mol. The second-order valence-corrected chi connectivity index (χ2v) is 6.37. The summed E-state index contributed by atoms with van der Waals surface area (Å²) < 4.78 is 1.67. The van der Waals surface area contributed by atoms with Gasteiger partial charge in [-0.2, -0.15) is 0 Å². The minimum Gasteiger partial charge on any atom is -0.319 e. The van der Waals surface area contributed by atoms with Crippen LogP contribution < -0.4 is 5.32 Å². The predicted molar refractivity (Wildman–Crippen MR) is 89.1 cm³/mol. The standard InChI is InChI=1S/C16H18ClN5O/c17-13-3-1-2-4-14(13)22-8-6-15(19-22)18-16(23)21-10-9-20-7-5-12(21)11-20/h1-4,6,8,12H,5,7,9-11H2,(H,18,19,23). The Kier molecular flexibility index (Phi) is 3.71. The van der Waals surface area contributed by atoms with E-state index in [4.69, 9.17) is 11.6 Å². The van der Waals surface area contributed by atoms with Crippen molar-refractivity contribution in [2.75, 3.05) is 31.5 Å². The summed E-state index contributed by atoms with van der Waals surface area (Å²) in [6.45, 7) is 3.82. The highest BCUT2D eigenvalue weighted by atomic mass is 35.5. The van der Waals surface area contributed by atoms with Gasteiger partial charge in [0.05, 0.1) is 10.7 Å². The smallest absolute Gasteiger partial charge is 0.319 e. The van der Waals surface area contributed by atoms with Crippen LogP contribution >= 0.6 is 11.6 Å². The summed E-state index contributed by atoms with van der Waals surface area (Å²) in [7, 11) is 0. The molecular formula is C16H18ClN5O. The van der Waals surface area contributed by atoms with Crippen LogP contribution in [0.15, 0.2) is 36.5 Å². The number of fused-ring (bicyclic) bond motifs is 2.